The summed E-state index contributed by atoms with van der Waals surface area (Å²) < 4.78 is 0. The maximum Gasteiger partial charge on any atom is 0.00155 e. The van der Waals surface area contributed by atoms with Gasteiger partial charge in [0.25, 0.3) is 0 Å². The van der Waals surface area contributed by atoms with Crippen LogP contribution >= 0.6 is 0 Å². The molecule has 1 aliphatic carbocycles. The van der Waals surface area contributed by atoms with Gasteiger partial charge in [-0.2, -0.15) is 0 Å². The minimum Gasteiger partial charge on any atom is -0.304 e. The second kappa shape index (κ2) is 4.80. The van der Waals surface area contributed by atoms with Gasteiger partial charge in [0, 0.05) is 6.54 Å². The Labute approximate surface area is 93.1 Å². The van der Waals surface area contributed by atoms with Crippen molar-refractivity contribution >= 4 is 0 Å². The van der Waals surface area contributed by atoms with Crippen molar-refractivity contribution in [3.05, 3.63) is 35.9 Å². The van der Waals surface area contributed by atoms with Crippen LogP contribution in [-0.2, 0) is 0 Å². The van der Waals surface area contributed by atoms with Gasteiger partial charge in [0.2, 0.25) is 0 Å². The molecule has 1 nitrogen and oxygen atoms in total. The van der Waals surface area contributed by atoms with Crippen molar-refractivity contribution in [2.45, 2.75) is 26.2 Å². The number of hydrogen-bond acceptors (Lipinski definition) is 1. The molecule has 0 radical (unpaired) electrons. The van der Waals surface area contributed by atoms with Gasteiger partial charge in [-0.15, -0.1) is 0 Å². The molecule has 1 aromatic carbocycles. The zero-order chi connectivity index (χ0) is 10.7. The third-order valence-corrected chi connectivity index (χ3v) is 3.54. The molecule has 0 spiro atoms. The van der Waals surface area contributed by atoms with Crippen LogP contribution in [0.15, 0.2) is 30.3 Å². The zero-order valence-electron chi connectivity index (χ0n) is 9.82. The van der Waals surface area contributed by atoms with Crippen LogP contribution in [0, 0.1) is 5.92 Å². The highest BCUT2D eigenvalue weighted by Crippen LogP contribution is 2.47. The zero-order valence-corrected chi connectivity index (χ0v) is 9.82. The van der Waals surface area contributed by atoms with Gasteiger partial charge in [0.15, 0.2) is 0 Å². The first kappa shape index (κ1) is 10.7. The van der Waals surface area contributed by atoms with Gasteiger partial charge in [-0.1, -0.05) is 44.2 Å². The van der Waals surface area contributed by atoms with Crippen molar-refractivity contribution in [2.24, 2.45) is 5.92 Å². The molecule has 0 bridgehead atoms. The Bertz CT molecular complexity index is 289. The van der Waals surface area contributed by atoms with Crippen LogP contribution in [-0.4, -0.2) is 24.5 Å². The van der Waals surface area contributed by atoms with Gasteiger partial charge in [-0.05, 0) is 36.9 Å². The van der Waals surface area contributed by atoms with Crippen LogP contribution in [0.4, 0.5) is 0 Å². The smallest absolute Gasteiger partial charge is 0.00155 e. The number of rotatable bonds is 5. The van der Waals surface area contributed by atoms with E-state index in [0.717, 1.165) is 11.8 Å². The van der Waals surface area contributed by atoms with Crippen molar-refractivity contribution in [1.82, 2.24) is 4.90 Å². The van der Waals surface area contributed by atoms with Crippen LogP contribution in [0.1, 0.15) is 31.7 Å². The van der Waals surface area contributed by atoms with E-state index in [1.807, 2.05) is 0 Å². The first-order valence-electron chi connectivity index (χ1n) is 6.12. The summed E-state index contributed by atoms with van der Waals surface area (Å²) in [6.07, 6.45) is 1.39. The molecule has 0 saturated heterocycles. The minimum atomic E-state index is 0.840. The van der Waals surface area contributed by atoms with E-state index in [-0.39, 0.29) is 0 Å². The van der Waals surface area contributed by atoms with E-state index < -0.39 is 0 Å². The maximum absolute atomic E-state index is 2.54. The molecule has 0 amide bonds. The highest BCUT2D eigenvalue weighted by Gasteiger charge is 2.38. The molecule has 0 aliphatic heterocycles. The van der Waals surface area contributed by atoms with Gasteiger partial charge < -0.3 is 4.90 Å². The van der Waals surface area contributed by atoms with E-state index >= 15 is 0 Å². The molecule has 0 heterocycles. The van der Waals surface area contributed by atoms with E-state index in [1.165, 1.54) is 31.6 Å². The predicted octanol–water partition coefficient (Wildman–Crippen LogP) is 3.13. The lowest BCUT2D eigenvalue weighted by Gasteiger charge is -2.17. The second-order valence-corrected chi connectivity index (χ2v) is 4.50. The van der Waals surface area contributed by atoms with Crippen LogP contribution in [0.5, 0.6) is 0 Å². The van der Waals surface area contributed by atoms with E-state index in [0.29, 0.717) is 0 Å². The second-order valence-electron chi connectivity index (χ2n) is 4.50. The summed E-state index contributed by atoms with van der Waals surface area (Å²) in [4.78, 5) is 2.54. The Morgan fingerprint density at radius 1 is 1.13 bits per heavy atom. The largest absolute Gasteiger partial charge is 0.304 e. The van der Waals surface area contributed by atoms with Crippen LogP contribution < -0.4 is 0 Å². The van der Waals surface area contributed by atoms with Crippen molar-refractivity contribution < 1.29 is 0 Å². The lowest BCUT2D eigenvalue weighted by atomic mass is 10.1. The number of hydrogen-bond donors (Lipinski definition) is 0. The molecule has 82 valence electrons. The highest BCUT2D eigenvalue weighted by atomic mass is 15.1. The summed E-state index contributed by atoms with van der Waals surface area (Å²) in [5.74, 6) is 1.75. The molecule has 0 N–H and O–H groups in total. The quantitative estimate of drug-likeness (QED) is 0.710. The summed E-state index contributed by atoms with van der Waals surface area (Å²) in [5.41, 5.74) is 1.54. The Morgan fingerprint density at radius 2 is 1.80 bits per heavy atom. The first-order valence-corrected chi connectivity index (χ1v) is 6.12. The van der Waals surface area contributed by atoms with E-state index in [9.17, 15) is 0 Å². The van der Waals surface area contributed by atoms with E-state index in [2.05, 4.69) is 49.1 Å². The van der Waals surface area contributed by atoms with Gasteiger partial charge in [0.05, 0.1) is 0 Å². The van der Waals surface area contributed by atoms with Crippen molar-refractivity contribution in [1.29, 1.82) is 0 Å². The Morgan fingerprint density at radius 3 is 2.40 bits per heavy atom. The lowest BCUT2D eigenvalue weighted by molar-refractivity contribution is 0.289. The summed E-state index contributed by atoms with van der Waals surface area (Å²) >= 11 is 0. The topological polar surface area (TPSA) is 3.24 Å². The maximum atomic E-state index is 2.54. The molecule has 1 aromatic rings. The summed E-state index contributed by atoms with van der Waals surface area (Å²) in [6.45, 7) is 8.17. The average Bonchev–Trinajstić information content (AvgIpc) is 3.06. The molecule has 1 fully saturated rings. The third-order valence-electron chi connectivity index (χ3n) is 3.54. The molecule has 2 atom stereocenters. The molecule has 0 aromatic heterocycles. The van der Waals surface area contributed by atoms with E-state index in [1.54, 1.807) is 0 Å². The highest BCUT2D eigenvalue weighted by molar-refractivity contribution is 5.25. The van der Waals surface area contributed by atoms with Crippen LogP contribution in [0.2, 0.25) is 0 Å². The molecule has 1 heteroatoms. The molecule has 1 saturated carbocycles. The lowest BCUT2D eigenvalue weighted by Crippen LogP contribution is -2.25. The summed E-state index contributed by atoms with van der Waals surface area (Å²) in [7, 11) is 0. The number of benzene rings is 1. The number of nitrogens with zero attached hydrogens (tertiary/aromatic N) is 1. The van der Waals surface area contributed by atoms with Gasteiger partial charge >= 0.3 is 0 Å². The molecule has 1 aliphatic rings. The molecule has 15 heavy (non-hydrogen) atoms. The fourth-order valence-electron chi connectivity index (χ4n) is 2.37. The Hall–Kier alpha value is -0.820. The van der Waals surface area contributed by atoms with Crippen molar-refractivity contribution in [3.8, 4) is 0 Å². The first-order chi connectivity index (χ1) is 7.35. The van der Waals surface area contributed by atoms with Crippen molar-refractivity contribution in [3.63, 3.8) is 0 Å². The summed E-state index contributed by atoms with van der Waals surface area (Å²) in [6, 6.07) is 11.0. The van der Waals surface area contributed by atoms with Gasteiger partial charge in [0.1, 0.15) is 0 Å². The van der Waals surface area contributed by atoms with Crippen molar-refractivity contribution in [2.75, 3.05) is 19.6 Å². The average molecular weight is 203 g/mol. The normalized spacial score (nSPS) is 24.5. The summed E-state index contributed by atoms with van der Waals surface area (Å²) in [5, 5.41) is 0. The fourth-order valence-corrected chi connectivity index (χ4v) is 2.37. The van der Waals surface area contributed by atoms with E-state index in [4.69, 9.17) is 0 Å². The van der Waals surface area contributed by atoms with Crippen LogP contribution in [0.3, 0.4) is 0 Å². The van der Waals surface area contributed by atoms with Gasteiger partial charge in [-0.3, -0.25) is 0 Å². The fraction of sp³-hybridized carbons (Fsp3) is 0.571. The predicted molar refractivity (Wildman–Crippen MR) is 65.1 cm³/mol. The minimum absolute atomic E-state index is 0.840. The molecule has 2 unspecified atom stereocenters. The van der Waals surface area contributed by atoms with Gasteiger partial charge in [-0.25, -0.2) is 0 Å². The Kier molecular flexibility index (Phi) is 3.42. The molecule has 2 rings (SSSR count). The monoisotopic (exact) mass is 203 g/mol. The third kappa shape index (κ3) is 2.60. The standard InChI is InChI=1S/C14H21N/c1-3-15(4-2)11-13-10-14(13)12-8-6-5-7-9-12/h5-9,13-14H,3-4,10-11H2,1-2H3. The molecular weight excluding hydrogens is 182 g/mol. The Balaban J connectivity index is 1.86. The SMILES string of the molecule is CCN(CC)CC1CC1c1ccccc1. The van der Waals surface area contributed by atoms with Crippen LogP contribution in [0.25, 0.3) is 0 Å². The molecular formula is C14H21N.